The van der Waals surface area contributed by atoms with Crippen LogP contribution in [0.1, 0.15) is 33.6 Å². The highest BCUT2D eigenvalue weighted by atomic mass is 32.2. The molecule has 7 nitrogen and oxygen atoms in total. The zero-order valence-corrected chi connectivity index (χ0v) is 16.1. The van der Waals surface area contributed by atoms with Gasteiger partial charge in [-0.15, -0.1) is 11.3 Å². The monoisotopic (exact) mass is 375 g/mol. The minimum Gasteiger partial charge on any atom is -0.350 e. The third-order valence-electron chi connectivity index (χ3n) is 3.00. The molecule has 0 saturated carbocycles. The molecule has 0 radical (unpaired) electrons. The van der Waals surface area contributed by atoms with Crippen LogP contribution in [0.2, 0.25) is 0 Å². The number of carbonyl (C=O) groups excluding carboxylic acids is 2. The Bertz CT molecular complexity index is 649. The van der Waals surface area contributed by atoms with Crippen LogP contribution < -0.4 is 10.6 Å². The summed E-state index contributed by atoms with van der Waals surface area (Å²) in [6, 6.07) is 3.23. The molecule has 2 N–H and O–H groups in total. The molecule has 0 unspecified atom stereocenters. The molecule has 0 fully saturated rings. The summed E-state index contributed by atoms with van der Waals surface area (Å²) in [6.45, 7) is 5.73. The number of thiophene rings is 1. The minimum absolute atomic E-state index is 0.0839. The Hall–Kier alpha value is -1.45. The van der Waals surface area contributed by atoms with E-state index in [0.717, 1.165) is 11.3 Å². The van der Waals surface area contributed by atoms with Crippen LogP contribution in [-0.2, 0) is 19.6 Å². The van der Waals surface area contributed by atoms with E-state index in [1.165, 1.54) is 11.4 Å². The van der Waals surface area contributed by atoms with E-state index < -0.39 is 10.0 Å². The molecule has 0 saturated heterocycles. The number of carbonyl (C=O) groups is 2. The van der Waals surface area contributed by atoms with Gasteiger partial charge in [-0.05, 0) is 38.6 Å². The molecule has 1 aromatic rings. The van der Waals surface area contributed by atoms with Crippen molar-refractivity contribution in [2.24, 2.45) is 0 Å². The van der Waals surface area contributed by atoms with Crippen LogP contribution in [0.15, 0.2) is 21.7 Å². The summed E-state index contributed by atoms with van der Waals surface area (Å²) < 4.78 is 25.9. The molecule has 0 spiro atoms. The maximum atomic E-state index is 12.2. The van der Waals surface area contributed by atoms with Gasteiger partial charge in [-0.2, -0.15) is 0 Å². The second kappa shape index (κ2) is 8.59. The van der Waals surface area contributed by atoms with E-state index in [1.807, 2.05) is 20.8 Å². The molecule has 0 aliphatic heterocycles. The Morgan fingerprint density at radius 2 is 1.92 bits per heavy atom. The van der Waals surface area contributed by atoms with Crippen LogP contribution >= 0.6 is 11.3 Å². The second-order valence-corrected chi connectivity index (χ2v) is 9.66. The molecule has 0 aromatic carbocycles. The van der Waals surface area contributed by atoms with Crippen molar-refractivity contribution < 1.29 is 18.0 Å². The van der Waals surface area contributed by atoms with E-state index in [1.54, 1.807) is 17.5 Å². The first-order valence-corrected chi connectivity index (χ1v) is 9.92. The lowest BCUT2D eigenvalue weighted by Crippen LogP contribution is -2.45. The predicted octanol–water partition coefficient (Wildman–Crippen LogP) is 1.18. The Balaban J connectivity index is 2.32. The van der Waals surface area contributed by atoms with Crippen LogP contribution in [0, 0.1) is 0 Å². The van der Waals surface area contributed by atoms with Gasteiger partial charge in [0.05, 0.1) is 6.54 Å². The van der Waals surface area contributed by atoms with Gasteiger partial charge in [-0.1, -0.05) is 6.07 Å². The Kier molecular flexibility index (Phi) is 7.37. The number of nitrogens with one attached hydrogen (secondary N) is 2. The molecule has 9 heteroatoms. The molecule has 2 amide bonds. The molecule has 0 atom stereocenters. The van der Waals surface area contributed by atoms with Crippen molar-refractivity contribution in [1.82, 2.24) is 14.9 Å². The molecular formula is C15H25N3O4S2. The largest absolute Gasteiger partial charge is 0.350 e. The quantitative estimate of drug-likeness (QED) is 0.713. The van der Waals surface area contributed by atoms with E-state index in [9.17, 15) is 18.0 Å². The number of rotatable bonds is 8. The highest BCUT2D eigenvalue weighted by Gasteiger charge is 2.21. The zero-order valence-electron chi connectivity index (χ0n) is 14.5. The van der Waals surface area contributed by atoms with Crippen molar-refractivity contribution in [3.8, 4) is 0 Å². The second-order valence-electron chi connectivity index (χ2n) is 6.44. The summed E-state index contributed by atoms with van der Waals surface area (Å²) in [6.07, 6.45) is 0.543. The maximum Gasteiger partial charge on any atom is 0.252 e. The van der Waals surface area contributed by atoms with Crippen LogP contribution in [0.25, 0.3) is 0 Å². The first kappa shape index (κ1) is 20.6. The smallest absolute Gasteiger partial charge is 0.252 e. The van der Waals surface area contributed by atoms with Gasteiger partial charge >= 0.3 is 0 Å². The van der Waals surface area contributed by atoms with Gasteiger partial charge in [-0.3, -0.25) is 9.59 Å². The third kappa shape index (κ3) is 6.98. The first-order chi connectivity index (χ1) is 11.0. The normalized spacial score (nSPS) is 12.2. The van der Waals surface area contributed by atoms with Crippen molar-refractivity contribution in [3.05, 3.63) is 17.5 Å². The highest BCUT2D eigenvalue weighted by molar-refractivity contribution is 7.91. The van der Waals surface area contributed by atoms with Gasteiger partial charge in [-0.25, -0.2) is 12.7 Å². The Morgan fingerprint density at radius 3 is 2.46 bits per heavy atom. The van der Waals surface area contributed by atoms with Crippen LogP contribution in [0.4, 0.5) is 0 Å². The Labute approximate surface area is 147 Å². The fourth-order valence-electron chi connectivity index (χ4n) is 1.88. The average Bonchev–Trinajstić information content (AvgIpc) is 2.98. The van der Waals surface area contributed by atoms with Crippen LogP contribution in [0.5, 0.6) is 0 Å². The standard InChI is InChI=1S/C15H25N3O4S2/c1-15(2,3)17-13(20)11-16-12(19)7-5-9-18(4)24(21,22)14-8-6-10-23-14/h6,8,10H,5,7,9,11H2,1-4H3,(H,16,19)(H,17,20). The number of sulfonamides is 1. The van der Waals surface area contributed by atoms with Crippen molar-refractivity contribution in [2.75, 3.05) is 20.1 Å². The van der Waals surface area contributed by atoms with Gasteiger partial charge < -0.3 is 10.6 Å². The molecule has 0 aliphatic rings. The number of hydrogen-bond donors (Lipinski definition) is 2. The summed E-state index contributed by atoms with van der Waals surface area (Å²) in [7, 11) is -1.99. The van der Waals surface area contributed by atoms with E-state index in [4.69, 9.17) is 0 Å². The van der Waals surface area contributed by atoms with Crippen molar-refractivity contribution >= 4 is 33.2 Å². The lowest BCUT2D eigenvalue weighted by atomic mass is 10.1. The SMILES string of the molecule is CN(CCCC(=O)NCC(=O)NC(C)(C)C)S(=O)(=O)c1cccs1. The van der Waals surface area contributed by atoms with Gasteiger partial charge in [0.15, 0.2) is 0 Å². The summed E-state index contributed by atoms with van der Waals surface area (Å²) in [4.78, 5) is 23.3. The summed E-state index contributed by atoms with van der Waals surface area (Å²) in [5, 5.41) is 6.98. The average molecular weight is 376 g/mol. The maximum absolute atomic E-state index is 12.2. The Morgan fingerprint density at radius 1 is 1.25 bits per heavy atom. The van der Waals surface area contributed by atoms with E-state index in [0.29, 0.717) is 6.42 Å². The lowest BCUT2D eigenvalue weighted by molar-refractivity contribution is -0.126. The van der Waals surface area contributed by atoms with E-state index in [-0.39, 0.29) is 41.1 Å². The van der Waals surface area contributed by atoms with Gasteiger partial charge in [0.25, 0.3) is 10.0 Å². The minimum atomic E-state index is -3.48. The topological polar surface area (TPSA) is 95.6 Å². The predicted molar refractivity (Wildman–Crippen MR) is 94.3 cm³/mol. The van der Waals surface area contributed by atoms with E-state index in [2.05, 4.69) is 10.6 Å². The highest BCUT2D eigenvalue weighted by Crippen LogP contribution is 2.19. The zero-order chi connectivity index (χ0) is 18.4. The number of hydrogen-bond acceptors (Lipinski definition) is 5. The lowest BCUT2D eigenvalue weighted by Gasteiger charge is -2.20. The van der Waals surface area contributed by atoms with Gasteiger partial charge in [0.2, 0.25) is 11.8 Å². The van der Waals surface area contributed by atoms with Crippen LogP contribution in [0.3, 0.4) is 0 Å². The molecule has 0 bridgehead atoms. The molecule has 1 heterocycles. The van der Waals surface area contributed by atoms with Crippen molar-refractivity contribution in [3.63, 3.8) is 0 Å². The number of nitrogens with zero attached hydrogens (tertiary/aromatic N) is 1. The van der Waals surface area contributed by atoms with Crippen molar-refractivity contribution in [1.29, 1.82) is 0 Å². The molecule has 1 aromatic heterocycles. The fourth-order valence-corrected chi connectivity index (χ4v) is 4.29. The van der Waals surface area contributed by atoms with E-state index >= 15 is 0 Å². The van der Waals surface area contributed by atoms with Gasteiger partial charge in [0, 0.05) is 25.6 Å². The first-order valence-electron chi connectivity index (χ1n) is 7.60. The molecule has 136 valence electrons. The van der Waals surface area contributed by atoms with Crippen LogP contribution in [-0.4, -0.2) is 50.2 Å². The molecule has 1 rings (SSSR count). The van der Waals surface area contributed by atoms with Crippen molar-refractivity contribution in [2.45, 2.75) is 43.4 Å². The molecule has 24 heavy (non-hydrogen) atoms. The summed E-state index contributed by atoms with van der Waals surface area (Å²) in [5.74, 6) is -0.533. The number of amides is 2. The van der Waals surface area contributed by atoms with Gasteiger partial charge in [0.1, 0.15) is 4.21 Å². The summed E-state index contributed by atoms with van der Waals surface area (Å²) >= 11 is 1.16. The molecular weight excluding hydrogens is 350 g/mol. The summed E-state index contributed by atoms with van der Waals surface area (Å²) in [5.41, 5.74) is -0.347. The fraction of sp³-hybridized carbons (Fsp3) is 0.600. The third-order valence-corrected chi connectivity index (χ3v) is 6.23. The molecule has 0 aliphatic carbocycles.